The fraction of sp³-hybridized carbons (Fsp3) is 0. The standard InChI is InChI=1S/C19H14N4O/c24-19(13-5-2-1-3-6-13)21-18-16-11-14(8-9-17(16)22-23-18)15-7-4-10-20-12-15/h1-12H,(H2,21,22,23,24). The van der Waals surface area contributed by atoms with Gasteiger partial charge < -0.3 is 5.32 Å². The van der Waals surface area contributed by atoms with Gasteiger partial charge in [0.15, 0.2) is 5.82 Å². The minimum atomic E-state index is -0.184. The Kier molecular flexibility index (Phi) is 3.51. The number of hydrogen-bond acceptors (Lipinski definition) is 3. The number of hydrogen-bond donors (Lipinski definition) is 2. The van der Waals surface area contributed by atoms with Crippen molar-refractivity contribution in [3.63, 3.8) is 0 Å². The van der Waals surface area contributed by atoms with Gasteiger partial charge in [0.05, 0.1) is 5.52 Å². The van der Waals surface area contributed by atoms with Gasteiger partial charge in [0.2, 0.25) is 0 Å². The summed E-state index contributed by atoms with van der Waals surface area (Å²) in [5.41, 5.74) is 3.50. The van der Waals surface area contributed by atoms with Crippen LogP contribution in [0.3, 0.4) is 0 Å². The fourth-order valence-corrected chi connectivity index (χ4v) is 2.59. The number of benzene rings is 2. The number of nitrogens with zero attached hydrogens (tertiary/aromatic N) is 2. The summed E-state index contributed by atoms with van der Waals surface area (Å²) in [6.45, 7) is 0. The van der Waals surface area contributed by atoms with E-state index in [0.717, 1.165) is 22.0 Å². The quantitative estimate of drug-likeness (QED) is 0.603. The monoisotopic (exact) mass is 314 g/mol. The number of pyridine rings is 1. The van der Waals surface area contributed by atoms with Crippen molar-refractivity contribution in [2.45, 2.75) is 0 Å². The van der Waals surface area contributed by atoms with Crippen LogP contribution in [0.25, 0.3) is 22.0 Å². The van der Waals surface area contributed by atoms with E-state index in [4.69, 9.17) is 0 Å². The third kappa shape index (κ3) is 2.63. The van der Waals surface area contributed by atoms with Crippen LogP contribution in [-0.2, 0) is 0 Å². The topological polar surface area (TPSA) is 70.7 Å². The van der Waals surface area contributed by atoms with Gasteiger partial charge >= 0.3 is 0 Å². The predicted molar refractivity (Wildman–Crippen MR) is 93.7 cm³/mol. The second-order valence-electron chi connectivity index (χ2n) is 5.39. The molecule has 2 N–H and O–H groups in total. The third-order valence-electron chi connectivity index (χ3n) is 3.83. The average Bonchev–Trinajstić information content (AvgIpc) is 3.05. The number of amides is 1. The van der Waals surface area contributed by atoms with Crippen LogP contribution >= 0.6 is 0 Å². The van der Waals surface area contributed by atoms with Gasteiger partial charge in [-0.1, -0.05) is 30.3 Å². The molecule has 5 nitrogen and oxygen atoms in total. The van der Waals surface area contributed by atoms with Crippen molar-refractivity contribution < 1.29 is 4.79 Å². The molecule has 0 atom stereocenters. The third-order valence-corrected chi connectivity index (χ3v) is 3.83. The van der Waals surface area contributed by atoms with E-state index < -0.39 is 0 Å². The van der Waals surface area contributed by atoms with Gasteiger partial charge in [-0.3, -0.25) is 14.9 Å². The van der Waals surface area contributed by atoms with Gasteiger partial charge in [-0.25, -0.2) is 0 Å². The Balaban J connectivity index is 1.70. The summed E-state index contributed by atoms with van der Waals surface area (Å²) in [6, 6.07) is 18.9. The highest BCUT2D eigenvalue weighted by atomic mass is 16.1. The smallest absolute Gasteiger partial charge is 0.256 e. The van der Waals surface area contributed by atoms with Crippen LogP contribution in [0.5, 0.6) is 0 Å². The van der Waals surface area contributed by atoms with Crippen molar-refractivity contribution in [2.75, 3.05) is 5.32 Å². The number of carbonyl (C=O) groups excluding carboxylic acids is 1. The van der Waals surface area contributed by atoms with Gasteiger partial charge in [0.1, 0.15) is 0 Å². The molecule has 0 unspecified atom stereocenters. The maximum absolute atomic E-state index is 12.3. The zero-order valence-corrected chi connectivity index (χ0v) is 12.7. The minimum absolute atomic E-state index is 0.184. The summed E-state index contributed by atoms with van der Waals surface area (Å²) >= 11 is 0. The molecule has 4 rings (SSSR count). The molecule has 5 heteroatoms. The Morgan fingerprint density at radius 1 is 0.958 bits per heavy atom. The molecule has 2 aromatic heterocycles. The molecule has 0 aliphatic rings. The SMILES string of the molecule is O=C(Nc1n[nH]c2ccc(-c3cccnc3)cc12)c1ccccc1. The van der Waals surface area contributed by atoms with E-state index in [1.807, 2.05) is 54.7 Å². The van der Waals surface area contributed by atoms with Crippen molar-refractivity contribution in [3.05, 3.63) is 78.6 Å². The zero-order chi connectivity index (χ0) is 16.4. The molecule has 24 heavy (non-hydrogen) atoms. The number of carbonyl (C=O) groups is 1. The molecule has 1 amide bonds. The van der Waals surface area contributed by atoms with Gasteiger partial charge in [0.25, 0.3) is 5.91 Å². The molecule has 0 radical (unpaired) electrons. The maximum Gasteiger partial charge on any atom is 0.256 e. The Labute approximate surface area is 138 Å². The average molecular weight is 314 g/mol. The molecule has 0 aliphatic heterocycles. The first-order valence-corrected chi connectivity index (χ1v) is 7.56. The number of rotatable bonds is 3. The van der Waals surface area contributed by atoms with E-state index in [1.165, 1.54) is 0 Å². The zero-order valence-electron chi connectivity index (χ0n) is 12.7. The number of anilines is 1. The van der Waals surface area contributed by atoms with Crippen LogP contribution in [0.15, 0.2) is 73.1 Å². The lowest BCUT2D eigenvalue weighted by molar-refractivity contribution is 0.102. The van der Waals surface area contributed by atoms with Gasteiger partial charge in [-0.2, -0.15) is 5.10 Å². The highest BCUT2D eigenvalue weighted by molar-refractivity contribution is 6.08. The van der Waals surface area contributed by atoms with Crippen molar-refractivity contribution in [1.82, 2.24) is 15.2 Å². The van der Waals surface area contributed by atoms with Crippen LogP contribution in [0.4, 0.5) is 5.82 Å². The lowest BCUT2D eigenvalue weighted by atomic mass is 10.1. The molecule has 116 valence electrons. The Morgan fingerprint density at radius 2 is 1.83 bits per heavy atom. The summed E-state index contributed by atoms with van der Waals surface area (Å²) in [4.78, 5) is 16.5. The molecule has 2 heterocycles. The Morgan fingerprint density at radius 3 is 2.62 bits per heavy atom. The number of H-pyrrole nitrogens is 1. The van der Waals surface area contributed by atoms with Gasteiger partial charge in [-0.05, 0) is 35.9 Å². The van der Waals surface area contributed by atoms with E-state index in [2.05, 4.69) is 20.5 Å². The largest absolute Gasteiger partial charge is 0.305 e. The highest BCUT2D eigenvalue weighted by Crippen LogP contribution is 2.27. The lowest BCUT2D eigenvalue weighted by Gasteiger charge is -2.04. The first-order valence-electron chi connectivity index (χ1n) is 7.56. The van der Waals surface area contributed by atoms with Crippen LogP contribution in [0.1, 0.15) is 10.4 Å². The molecule has 0 saturated heterocycles. The molecule has 0 spiro atoms. The van der Waals surface area contributed by atoms with Crippen molar-refractivity contribution in [1.29, 1.82) is 0 Å². The molecule has 0 fully saturated rings. The molecule has 0 saturated carbocycles. The summed E-state index contributed by atoms with van der Waals surface area (Å²) in [5.74, 6) is 0.334. The Bertz CT molecular complexity index is 994. The van der Waals surface area contributed by atoms with E-state index in [9.17, 15) is 4.79 Å². The fourth-order valence-electron chi connectivity index (χ4n) is 2.59. The predicted octanol–water partition coefficient (Wildman–Crippen LogP) is 3.88. The summed E-state index contributed by atoms with van der Waals surface area (Å²) in [7, 11) is 0. The lowest BCUT2D eigenvalue weighted by Crippen LogP contribution is -2.12. The first kappa shape index (κ1) is 14.1. The van der Waals surface area contributed by atoms with E-state index >= 15 is 0 Å². The molecular weight excluding hydrogens is 300 g/mol. The molecular formula is C19H14N4O. The maximum atomic E-state index is 12.3. The van der Waals surface area contributed by atoms with E-state index in [1.54, 1.807) is 18.3 Å². The molecule has 0 bridgehead atoms. The van der Waals surface area contributed by atoms with Crippen molar-refractivity contribution in [2.24, 2.45) is 0 Å². The van der Waals surface area contributed by atoms with Crippen LogP contribution in [0.2, 0.25) is 0 Å². The van der Waals surface area contributed by atoms with Crippen LogP contribution in [-0.4, -0.2) is 21.1 Å². The second-order valence-corrected chi connectivity index (χ2v) is 5.39. The minimum Gasteiger partial charge on any atom is -0.305 e. The van der Waals surface area contributed by atoms with Crippen LogP contribution in [0, 0.1) is 0 Å². The van der Waals surface area contributed by atoms with Crippen molar-refractivity contribution in [3.8, 4) is 11.1 Å². The number of aromatic nitrogens is 3. The highest BCUT2D eigenvalue weighted by Gasteiger charge is 2.12. The molecule has 0 aliphatic carbocycles. The summed E-state index contributed by atoms with van der Waals surface area (Å²) in [6.07, 6.45) is 3.55. The normalized spacial score (nSPS) is 10.7. The number of aromatic amines is 1. The van der Waals surface area contributed by atoms with E-state index in [-0.39, 0.29) is 5.91 Å². The first-order chi connectivity index (χ1) is 11.8. The summed E-state index contributed by atoms with van der Waals surface area (Å²) in [5, 5.41) is 10.9. The number of fused-ring (bicyclic) bond motifs is 1. The van der Waals surface area contributed by atoms with E-state index in [0.29, 0.717) is 11.4 Å². The van der Waals surface area contributed by atoms with Crippen molar-refractivity contribution >= 4 is 22.6 Å². The van der Waals surface area contributed by atoms with Gasteiger partial charge in [-0.15, -0.1) is 0 Å². The number of nitrogens with one attached hydrogen (secondary N) is 2. The van der Waals surface area contributed by atoms with Crippen LogP contribution < -0.4 is 5.32 Å². The summed E-state index contributed by atoms with van der Waals surface area (Å²) < 4.78 is 0. The molecule has 2 aromatic carbocycles. The Hall–Kier alpha value is -3.47. The molecule has 4 aromatic rings. The second kappa shape index (κ2) is 5.96. The van der Waals surface area contributed by atoms with Gasteiger partial charge in [0, 0.05) is 28.9 Å².